The maximum atomic E-state index is 12.6. The van der Waals surface area contributed by atoms with E-state index in [4.69, 9.17) is 25.8 Å². The molecule has 2 aromatic rings. The summed E-state index contributed by atoms with van der Waals surface area (Å²) in [6.07, 6.45) is 9.72. The number of hydrogen-bond donors (Lipinski definition) is 0. The third-order valence-corrected chi connectivity index (χ3v) is 4.39. The molecule has 9 heteroatoms. The van der Waals surface area contributed by atoms with Crippen LogP contribution < -0.4 is 9.64 Å². The van der Waals surface area contributed by atoms with E-state index in [0.29, 0.717) is 29.6 Å². The molecule has 0 radical (unpaired) electrons. The largest absolute Gasteiger partial charge is 0.489 e. The maximum Gasteiger partial charge on any atom is 0.355 e. The molecule has 0 fully saturated rings. The SMILES string of the molecule is COC(=O)C1=C(C(=O)OC)N(c2ccccc2OCCn2cc(Cl)cn2)C=CC=C1. The molecular formula is C21H20ClN3O5. The molecule has 1 aliphatic rings. The van der Waals surface area contributed by atoms with Crippen molar-refractivity contribution >= 4 is 29.2 Å². The summed E-state index contributed by atoms with van der Waals surface area (Å²) >= 11 is 5.88. The van der Waals surface area contributed by atoms with Gasteiger partial charge in [0, 0.05) is 12.4 Å². The lowest BCUT2D eigenvalue weighted by Crippen LogP contribution is -2.27. The lowest BCUT2D eigenvalue weighted by molar-refractivity contribution is -0.139. The minimum atomic E-state index is -0.687. The van der Waals surface area contributed by atoms with Gasteiger partial charge in [-0.2, -0.15) is 5.10 Å². The topological polar surface area (TPSA) is 82.9 Å². The highest BCUT2D eigenvalue weighted by atomic mass is 35.5. The monoisotopic (exact) mass is 429 g/mol. The van der Waals surface area contributed by atoms with Gasteiger partial charge in [0.05, 0.1) is 43.2 Å². The Balaban J connectivity index is 1.94. The molecule has 1 aliphatic heterocycles. The van der Waals surface area contributed by atoms with E-state index in [9.17, 15) is 9.59 Å². The van der Waals surface area contributed by atoms with Crippen LogP contribution in [0.15, 0.2) is 72.4 Å². The Morgan fingerprint density at radius 3 is 2.57 bits per heavy atom. The first-order chi connectivity index (χ1) is 14.5. The highest BCUT2D eigenvalue weighted by Gasteiger charge is 2.28. The van der Waals surface area contributed by atoms with Gasteiger partial charge in [-0.15, -0.1) is 0 Å². The van der Waals surface area contributed by atoms with Crippen molar-refractivity contribution in [2.45, 2.75) is 6.54 Å². The fourth-order valence-corrected chi connectivity index (χ4v) is 3.00. The Morgan fingerprint density at radius 2 is 1.87 bits per heavy atom. The average molecular weight is 430 g/mol. The van der Waals surface area contributed by atoms with Crippen molar-refractivity contribution in [2.24, 2.45) is 0 Å². The molecule has 0 N–H and O–H groups in total. The summed E-state index contributed by atoms with van der Waals surface area (Å²) in [6, 6.07) is 7.15. The van der Waals surface area contributed by atoms with Crippen LogP contribution >= 0.6 is 11.6 Å². The normalized spacial score (nSPS) is 13.2. The van der Waals surface area contributed by atoms with Crippen LogP contribution in [0.3, 0.4) is 0 Å². The molecule has 156 valence electrons. The standard InChI is InChI=1S/C21H20ClN3O5/c1-28-20(26)16-7-5-6-10-25(19(16)21(27)29-2)17-8-3-4-9-18(17)30-12-11-24-14-15(22)13-23-24/h3-10,13-14H,11-12H2,1-2H3. The van der Waals surface area contributed by atoms with Crippen LogP contribution in [0.25, 0.3) is 0 Å². The van der Waals surface area contributed by atoms with Crippen molar-refractivity contribution in [1.29, 1.82) is 0 Å². The van der Waals surface area contributed by atoms with Gasteiger partial charge in [0.1, 0.15) is 18.1 Å². The van der Waals surface area contributed by atoms with Crippen molar-refractivity contribution < 1.29 is 23.8 Å². The highest BCUT2D eigenvalue weighted by Crippen LogP contribution is 2.33. The molecule has 0 spiro atoms. The first-order valence-electron chi connectivity index (χ1n) is 9.00. The number of rotatable bonds is 7. The molecule has 2 heterocycles. The molecule has 0 aliphatic carbocycles. The van der Waals surface area contributed by atoms with Crippen LogP contribution in [0.4, 0.5) is 5.69 Å². The quantitative estimate of drug-likeness (QED) is 0.625. The summed E-state index contributed by atoms with van der Waals surface area (Å²) in [5, 5.41) is 4.65. The Hall–Kier alpha value is -3.52. The Kier molecular flexibility index (Phi) is 6.92. The summed E-state index contributed by atoms with van der Waals surface area (Å²) in [5.41, 5.74) is 0.636. The van der Waals surface area contributed by atoms with Crippen molar-refractivity contribution in [3.63, 3.8) is 0 Å². The minimum absolute atomic E-state index is 0.0178. The van der Waals surface area contributed by atoms with E-state index in [2.05, 4.69) is 5.10 Å². The van der Waals surface area contributed by atoms with E-state index in [1.807, 2.05) is 6.07 Å². The fraction of sp³-hybridized carbons (Fsp3) is 0.190. The van der Waals surface area contributed by atoms with Gasteiger partial charge in [0.2, 0.25) is 0 Å². The van der Waals surface area contributed by atoms with E-state index >= 15 is 0 Å². The van der Waals surface area contributed by atoms with Gasteiger partial charge in [-0.05, 0) is 24.3 Å². The second-order valence-corrected chi connectivity index (χ2v) is 6.49. The van der Waals surface area contributed by atoms with Gasteiger partial charge in [-0.25, -0.2) is 9.59 Å². The molecule has 0 unspecified atom stereocenters. The zero-order valence-electron chi connectivity index (χ0n) is 16.4. The lowest BCUT2D eigenvalue weighted by atomic mass is 10.1. The van der Waals surface area contributed by atoms with Crippen molar-refractivity contribution in [2.75, 3.05) is 25.7 Å². The van der Waals surface area contributed by atoms with Crippen molar-refractivity contribution in [1.82, 2.24) is 9.78 Å². The van der Waals surface area contributed by atoms with Crippen molar-refractivity contribution in [3.8, 4) is 5.75 Å². The molecule has 0 saturated carbocycles. The Labute approximate surface area is 178 Å². The number of benzene rings is 1. The third kappa shape index (κ3) is 4.72. The van der Waals surface area contributed by atoms with E-state index in [1.54, 1.807) is 53.6 Å². The molecule has 0 amide bonds. The van der Waals surface area contributed by atoms with Gasteiger partial charge in [0.15, 0.2) is 0 Å². The number of carbonyl (C=O) groups is 2. The van der Waals surface area contributed by atoms with Crippen LogP contribution in [0.2, 0.25) is 5.02 Å². The number of aromatic nitrogens is 2. The van der Waals surface area contributed by atoms with Gasteiger partial charge in [0.25, 0.3) is 0 Å². The molecule has 3 rings (SSSR count). The zero-order valence-corrected chi connectivity index (χ0v) is 17.2. The molecular weight excluding hydrogens is 410 g/mol. The number of para-hydroxylation sites is 2. The molecule has 8 nitrogen and oxygen atoms in total. The second-order valence-electron chi connectivity index (χ2n) is 6.05. The van der Waals surface area contributed by atoms with Gasteiger partial charge >= 0.3 is 11.9 Å². The van der Waals surface area contributed by atoms with Gasteiger partial charge in [-0.1, -0.05) is 29.8 Å². The number of esters is 2. The zero-order chi connectivity index (χ0) is 21.5. The molecule has 0 bridgehead atoms. The number of halogens is 1. The summed E-state index contributed by atoms with van der Waals surface area (Å²) in [4.78, 5) is 26.4. The van der Waals surface area contributed by atoms with Crippen LogP contribution in [-0.4, -0.2) is 42.5 Å². The third-order valence-electron chi connectivity index (χ3n) is 4.19. The number of allylic oxidation sites excluding steroid dienone is 2. The first kappa shape index (κ1) is 21.2. The molecule has 1 aromatic carbocycles. The van der Waals surface area contributed by atoms with E-state index in [1.165, 1.54) is 25.2 Å². The summed E-state index contributed by atoms with van der Waals surface area (Å²) in [7, 11) is 2.50. The average Bonchev–Trinajstić information content (AvgIpc) is 3.05. The number of carbonyl (C=O) groups excluding carboxylic acids is 2. The number of methoxy groups -OCH3 is 2. The summed E-state index contributed by atoms with van der Waals surface area (Å²) in [5.74, 6) is -0.838. The Bertz CT molecular complexity index is 1030. The van der Waals surface area contributed by atoms with E-state index in [0.717, 1.165) is 0 Å². The van der Waals surface area contributed by atoms with Crippen LogP contribution in [-0.2, 0) is 25.6 Å². The number of hydrogen-bond acceptors (Lipinski definition) is 7. The predicted molar refractivity (Wildman–Crippen MR) is 111 cm³/mol. The summed E-state index contributed by atoms with van der Waals surface area (Å²) in [6.45, 7) is 0.789. The number of ether oxygens (including phenoxy) is 3. The van der Waals surface area contributed by atoms with Gasteiger partial charge < -0.3 is 19.1 Å². The lowest BCUT2D eigenvalue weighted by Gasteiger charge is -2.25. The molecule has 30 heavy (non-hydrogen) atoms. The maximum absolute atomic E-state index is 12.6. The predicted octanol–water partition coefficient (Wildman–Crippen LogP) is 3.11. The number of anilines is 1. The van der Waals surface area contributed by atoms with Crippen LogP contribution in [0.5, 0.6) is 5.75 Å². The molecule has 0 saturated heterocycles. The Morgan fingerprint density at radius 1 is 1.10 bits per heavy atom. The van der Waals surface area contributed by atoms with Crippen LogP contribution in [0, 0.1) is 0 Å². The van der Waals surface area contributed by atoms with E-state index in [-0.39, 0.29) is 11.3 Å². The van der Waals surface area contributed by atoms with Gasteiger partial charge in [-0.3, -0.25) is 4.68 Å². The van der Waals surface area contributed by atoms with Crippen molar-refractivity contribution in [3.05, 3.63) is 77.4 Å². The molecule has 1 aromatic heterocycles. The smallest absolute Gasteiger partial charge is 0.355 e. The second kappa shape index (κ2) is 9.80. The molecule has 0 atom stereocenters. The number of nitrogens with zero attached hydrogens (tertiary/aromatic N) is 3. The minimum Gasteiger partial charge on any atom is -0.489 e. The fourth-order valence-electron chi connectivity index (χ4n) is 2.84. The highest BCUT2D eigenvalue weighted by molar-refractivity contribution is 6.30. The first-order valence-corrected chi connectivity index (χ1v) is 9.37. The van der Waals surface area contributed by atoms with E-state index < -0.39 is 11.9 Å². The van der Waals surface area contributed by atoms with Crippen LogP contribution in [0.1, 0.15) is 0 Å². The summed E-state index contributed by atoms with van der Waals surface area (Å²) < 4.78 is 17.4.